The first-order chi connectivity index (χ1) is 9.91. The van der Waals surface area contributed by atoms with Gasteiger partial charge in [0.1, 0.15) is 11.8 Å². The summed E-state index contributed by atoms with van der Waals surface area (Å²) in [6.45, 7) is 8.14. The van der Waals surface area contributed by atoms with E-state index in [1.165, 1.54) is 0 Å². The van der Waals surface area contributed by atoms with Crippen molar-refractivity contribution in [1.82, 2.24) is 5.32 Å². The summed E-state index contributed by atoms with van der Waals surface area (Å²) in [6, 6.07) is 5.57. The average molecular weight is 292 g/mol. The van der Waals surface area contributed by atoms with E-state index in [0.29, 0.717) is 31.2 Å². The normalized spacial score (nSPS) is 19.1. The molecule has 0 spiro atoms. The second-order valence-electron chi connectivity index (χ2n) is 6.24. The van der Waals surface area contributed by atoms with Crippen molar-refractivity contribution < 1.29 is 14.3 Å². The van der Waals surface area contributed by atoms with Gasteiger partial charge in [-0.25, -0.2) is 0 Å². The standard InChI is InChI=1S/C16H24N2O3/c1-16(2,3)11-5-6-14(20-4)12(9-11)18-15(19)13-10-21-8-7-17-13/h5-6,9,13,17H,7-8,10H2,1-4H3,(H,18,19). The van der Waals surface area contributed by atoms with Crippen LogP contribution in [0.15, 0.2) is 18.2 Å². The predicted octanol–water partition coefficient (Wildman–Crippen LogP) is 1.92. The highest BCUT2D eigenvalue weighted by Crippen LogP contribution is 2.31. The zero-order chi connectivity index (χ0) is 15.5. The fraction of sp³-hybridized carbons (Fsp3) is 0.562. The molecule has 0 aromatic heterocycles. The molecular formula is C16H24N2O3. The van der Waals surface area contributed by atoms with Crippen molar-refractivity contribution >= 4 is 11.6 Å². The molecule has 1 amide bonds. The molecule has 1 aliphatic heterocycles. The minimum Gasteiger partial charge on any atom is -0.495 e. The fourth-order valence-corrected chi connectivity index (χ4v) is 2.23. The van der Waals surface area contributed by atoms with Crippen LogP contribution in [0.5, 0.6) is 5.75 Å². The van der Waals surface area contributed by atoms with Gasteiger partial charge in [0.2, 0.25) is 5.91 Å². The van der Waals surface area contributed by atoms with E-state index in [2.05, 4.69) is 31.4 Å². The lowest BCUT2D eigenvalue weighted by Gasteiger charge is -2.24. The second-order valence-corrected chi connectivity index (χ2v) is 6.24. The van der Waals surface area contributed by atoms with Crippen LogP contribution in [0.3, 0.4) is 0 Å². The molecule has 21 heavy (non-hydrogen) atoms. The van der Waals surface area contributed by atoms with Gasteiger partial charge in [-0.05, 0) is 23.1 Å². The van der Waals surface area contributed by atoms with Crippen LogP contribution in [-0.2, 0) is 14.9 Å². The van der Waals surface area contributed by atoms with Crippen molar-refractivity contribution in [2.75, 3.05) is 32.2 Å². The van der Waals surface area contributed by atoms with Gasteiger partial charge in [0.25, 0.3) is 0 Å². The Morgan fingerprint density at radius 1 is 1.43 bits per heavy atom. The predicted molar refractivity (Wildman–Crippen MR) is 82.9 cm³/mol. The van der Waals surface area contributed by atoms with E-state index in [9.17, 15) is 4.79 Å². The molecule has 0 bridgehead atoms. The van der Waals surface area contributed by atoms with Crippen molar-refractivity contribution in [1.29, 1.82) is 0 Å². The zero-order valence-corrected chi connectivity index (χ0v) is 13.2. The van der Waals surface area contributed by atoms with Gasteiger partial charge < -0.3 is 20.1 Å². The molecule has 1 aliphatic rings. The first-order valence-electron chi connectivity index (χ1n) is 7.22. The highest BCUT2D eigenvalue weighted by atomic mass is 16.5. The van der Waals surface area contributed by atoms with Crippen LogP contribution >= 0.6 is 0 Å². The van der Waals surface area contributed by atoms with Gasteiger partial charge in [-0.2, -0.15) is 0 Å². The maximum absolute atomic E-state index is 12.3. The van der Waals surface area contributed by atoms with Gasteiger partial charge in [0, 0.05) is 6.54 Å². The van der Waals surface area contributed by atoms with E-state index in [1.54, 1.807) is 7.11 Å². The van der Waals surface area contributed by atoms with Crippen molar-refractivity contribution in [2.24, 2.45) is 0 Å². The van der Waals surface area contributed by atoms with Crippen LogP contribution in [0, 0.1) is 0 Å². The molecule has 5 nitrogen and oxygen atoms in total. The van der Waals surface area contributed by atoms with Crippen LogP contribution in [0.2, 0.25) is 0 Å². The van der Waals surface area contributed by atoms with Gasteiger partial charge in [0.05, 0.1) is 26.0 Å². The largest absolute Gasteiger partial charge is 0.495 e. The number of carbonyl (C=O) groups is 1. The maximum Gasteiger partial charge on any atom is 0.244 e. The van der Waals surface area contributed by atoms with Crippen LogP contribution in [-0.4, -0.2) is 38.8 Å². The summed E-state index contributed by atoms with van der Waals surface area (Å²) in [7, 11) is 1.60. The lowest BCUT2D eigenvalue weighted by molar-refractivity contribution is -0.120. The Hall–Kier alpha value is -1.59. The monoisotopic (exact) mass is 292 g/mol. The average Bonchev–Trinajstić information content (AvgIpc) is 2.47. The van der Waals surface area contributed by atoms with Crippen molar-refractivity contribution in [3.05, 3.63) is 23.8 Å². The molecule has 1 heterocycles. The number of hydrogen-bond acceptors (Lipinski definition) is 4. The van der Waals surface area contributed by atoms with Gasteiger partial charge in [0.15, 0.2) is 0 Å². The van der Waals surface area contributed by atoms with Crippen LogP contribution < -0.4 is 15.4 Å². The van der Waals surface area contributed by atoms with Crippen LogP contribution in [0.4, 0.5) is 5.69 Å². The van der Waals surface area contributed by atoms with E-state index in [1.807, 2.05) is 18.2 Å². The number of methoxy groups -OCH3 is 1. The molecule has 1 saturated heterocycles. The Morgan fingerprint density at radius 3 is 2.76 bits per heavy atom. The molecule has 5 heteroatoms. The molecule has 0 aliphatic carbocycles. The molecule has 0 saturated carbocycles. The smallest absolute Gasteiger partial charge is 0.244 e. The third-order valence-corrected chi connectivity index (χ3v) is 3.56. The van der Waals surface area contributed by atoms with Crippen molar-refractivity contribution in [2.45, 2.75) is 32.2 Å². The molecular weight excluding hydrogens is 268 g/mol. The van der Waals surface area contributed by atoms with E-state index in [4.69, 9.17) is 9.47 Å². The molecule has 1 aromatic carbocycles. The summed E-state index contributed by atoms with van der Waals surface area (Å²) in [5.41, 5.74) is 1.85. The summed E-state index contributed by atoms with van der Waals surface area (Å²) in [6.07, 6.45) is 0. The third kappa shape index (κ3) is 3.95. The lowest BCUT2D eigenvalue weighted by Crippen LogP contribution is -2.48. The summed E-state index contributed by atoms with van der Waals surface area (Å²) >= 11 is 0. The van der Waals surface area contributed by atoms with Gasteiger partial charge in [-0.3, -0.25) is 4.79 Å². The minimum absolute atomic E-state index is 0.0119. The Labute approximate surface area is 126 Å². The summed E-state index contributed by atoms with van der Waals surface area (Å²) < 4.78 is 10.7. The first kappa shape index (κ1) is 15.8. The van der Waals surface area contributed by atoms with Gasteiger partial charge in [-0.15, -0.1) is 0 Å². The Bertz CT molecular complexity index is 503. The quantitative estimate of drug-likeness (QED) is 0.893. The number of amides is 1. The summed E-state index contributed by atoms with van der Waals surface area (Å²) in [4.78, 5) is 12.3. The van der Waals surface area contributed by atoms with Crippen LogP contribution in [0.1, 0.15) is 26.3 Å². The Kier molecular flexibility index (Phi) is 4.85. The third-order valence-electron chi connectivity index (χ3n) is 3.56. The topological polar surface area (TPSA) is 59.6 Å². The minimum atomic E-state index is -0.318. The number of benzene rings is 1. The molecule has 2 N–H and O–H groups in total. The number of nitrogens with one attached hydrogen (secondary N) is 2. The highest BCUT2D eigenvalue weighted by Gasteiger charge is 2.23. The van der Waals surface area contributed by atoms with Crippen molar-refractivity contribution in [3.63, 3.8) is 0 Å². The zero-order valence-electron chi connectivity index (χ0n) is 13.2. The van der Waals surface area contributed by atoms with Crippen LogP contribution in [0.25, 0.3) is 0 Å². The fourth-order valence-electron chi connectivity index (χ4n) is 2.23. The molecule has 2 rings (SSSR count). The number of hydrogen-bond donors (Lipinski definition) is 2. The number of anilines is 1. The molecule has 1 unspecified atom stereocenters. The molecule has 1 atom stereocenters. The SMILES string of the molecule is COc1ccc(C(C)(C)C)cc1NC(=O)C1COCCN1. The maximum atomic E-state index is 12.3. The van der Waals surface area contributed by atoms with E-state index in [-0.39, 0.29) is 17.4 Å². The highest BCUT2D eigenvalue weighted by molar-refractivity contribution is 5.96. The van der Waals surface area contributed by atoms with Gasteiger partial charge >= 0.3 is 0 Å². The molecule has 1 aromatic rings. The second kappa shape index (κ2) is 6.45. The number of carbonyl (C=O) groups excluding carboxylic acids is 1. The van der Waals surface area contributed by atoms with E-state index in [0.717, 1.165) is 5.56 Å². The van der Waals surface area contributed by atoms with Crippen molar-refractivity contribution in [3.8, 4) is 5.75 Å². The summed E-state index contributed by atoms with van der Waals surface area (Å²) in [5, 5.41) is 6.08. The van der Waals surface area contributed by atoms with E-state index >= 15 is 0 Å². The molecule has 116 valence electrons. The number of rotatable bonds is 3. The summed E-state index contributed by atoms with van der Waals surface area (Å²) in [5.74, 6) is 0.562. The van der Waals surface area contributed by atoms with E-state index < -0.39 is 0 Å². The Balaban J connectivity index is 2.18. The lowest BCUT2D eigenvalue weighted by atomic mass is 9.87. The number of ether oxygens (including phenoxy) is 2. The first-order valence-corrected chi connectivity index (χ1v) is 7.22. The number of morpholine rings is 1. The Morgan fingerprint density at radius 2 is 2.19 bits per heavy atom. The molecule has 1 fully saturated rings. The molecule has 0 radical (unpaired) electrons. The van der Waals surface area contributed by atoms with Gasteiger partial charge in [-0.1, -0.05) is 26.8 Å².